The topological polar surface area (TPSA) is 12.5 Å². The molecule has 0 bridgehead atoms. The van der Waals surface area contributed by atoms with Gasteiger partial charge >= 0.3 is 0 Å². The molecule has 0 heterocycles. The largest absolute Gasteiger partial charge is 0.497 e. The van der Waals surface area contributed by atoms with E-state index in [4.69, 9.17) is 4.74 Å². The first-order chi connectivity index (χ1) is 9.20. The van der Waals surface area contributed by atoms with Crippen molar-refractivity contribution in [2.75, 3.05) is 21.2 Å². The van der Waals surface area contributed by atoms with Crippen molar-refractivity contribution >= 4 is 0 Å². The average molecular weight is 257 g/mol. The summed E-state index contributed by atoms with van der Waals surface area (Å²) in [7, 11) is 5.72. The van der Waals surface area contributed by atoms with Crippen LogP contribution < -0.4 is 4.74 Å². The predicted octanol–water partition coefficient (Wildman–Crippen LogP) is 3.49. The highest BCUT2D eigenvalue weighted by molar-refractivity contribution is 5.32. The monoisotopic (exact) mass is 257 g/mol. The maximum absolute atomic E-state index is 5.33. The van der Waals surface area contributed by atoms with Crippen LogP contribution in [0.4, 0.5) is 0 Å². The molecule has 2 nitrogen and oxygen atoms in total. The Balaban J connectivity index is 2.21. The second-order valence-electron chi connectivity index (χ2n) is 5.42. The molecule has 0 aromatic heterocycles. The van der Waals surface area contributed by atoms with Gasteiger partial charge in [0, 0.05) is 26.1 Å². The Morgan fingerprint density at radius 3 is 2.74 bits per heavy atom. The van der Waals surface area contributed by atoms with Crippen LogP contribution >= 0.6 is 0 Å². The molecule has 1 aromatic rings. The highest BCUT2D eigenvalue weighted by Gasteiger charge is 2.25. The van der Waals surface area contributed by atoms with Gasteiger partial charge in [0.15, 0.2) is 0 Å². The van der Waals surface area contributed by atoms with Crippen molar-refractivity contribution in [3.8, 4) is 17.7 Å². The lowest BCUT2D eigenvalue weighted by molar-refractivity contribution is 0.368. The maximum atomic E-state index is 5.33. The summed E-state index contributed by atoms with van der Waals surface area (Å²) < 4.78 is 5.33. The van der Waals surface area contributed by atoms with Crippen molar-refractivity contribution in [2.45, 2.75) is 31.6 Å². The molecule has 1 aromatic carbocycles. The van der Waals surface area contributed by atoms with E-state index in [1.807, 2.05) is 25.1 Å². The minimum Gasteiger partial charge on any atom is -0.497 e. The van der Waals surface area contributed by atoms with Gasteiger partial charge in [0.25, 0.3) is 0 Å². The molecule has 0 aliphatic heterocycles. The zero-order valence-electron chi connectivity index (χ0n) is 12.1. The second kappa shape index (κ2) is 6.52. The summed E-state index contributed by atoms with van der Waals surface area (Å²) in [6.45, 7) is 0. The highest BCUT2D eigenvalue weighted by atomic mass is 16.5. The average Bonchev–Trinajstić information content (AvgIpc) is 2.45. The first kappa shape index (κ1) is 13.8. The summed E-state index contributed by atoms with van der Waals surface area (Å²) in [6, 6.07) is 11.7. The Kier molecular flexibility index (Phi) is 4.74. The lowest BCUT2D eigenvalue weighted by Gasteiger charge is -2.28. The second-order valence-corrected chi connectivity index (χ2v) is 5.42. The van der Waals surface area contributed by atoms with Gasteiger partial charge in [-0.2, -0.15) is 0 Å². The molecule has 0 N–H and O–H groups in total. The number of rotatable bonds is 2. The van der Waals surface area contributed by atoms with Crippen LogP contribution in [0.15, 0.2) is 24.3 Å². The maximum Gasteiger partial charge on any atom is 0.119 e. The Labute approximate surface area is 116 Å². The fourth-order valence-corrected chi connectivity index (χ4v) is 2.79. The van der Waals surface area contributed by atoms with E-state index >= 15 is 0 Å². The first-order valence-electron chi connectivity index (χ1n) is 7.03. The van der Waals surface area contributed by atoms with Gasteiger partial charge in [-0.25, -0.2) is 0 Å². The van der Waals surface area contributed by atoms with E-state index in [1.54, 1.807) is 7.11 Å². The summed E-state index contributed by atoms with van der Waals surface area (Å²) >= 11 is 0. The SMILES string of the molecule is COc1cccc([C@@H]2CCCCC2C#CN(C)C)c1. The smallest absolute Gasteiger partial charge is 0.119 e. The highest BCUT2D eigenvalue weighted by Crippen LogP contribution is 2.38. The molecule has 1 saturated carbocycles. The molecule has 0 radical (unpaired) electrons. The first-order valence-corrected chi connectivity index (χ1v) is 7.03. The molecule has 0 saturated heterocycles. The molecule has 1 unspecified atom stereocenters. The molecule has 102 valence electrons. The van der Waals surface area contributed by atoms with Crippen LogP contribution in [0.2, 0.25) is 0 Å². The number of nitrogens with zero attached hydrogens (tertiary/aromatic N) is 1. The van der Waals surface area contributed by atoms with Crippen molar-refractivity contribution in [1.82, 2.24) is 4.90 Å². The van der Waals surface area contributed by atoms with E-state index in [2.05, 4.69) is 30.2 Å². The van der Waals surface area contributed by atoms with E-state index < -0.39 is 0 Å². The third kappa shape index (κ3) is 3.67. The summed E-state index contributed by atoms with van der Waals surface area (Å²) in [6.07, 6.45) is 5.05. The van der Waals surface area contributed by atoms with E-state index in [0.717, 1.165) is 5.75 Å². The fourth-order valence-electron chi connectivity index (χ4n) is 2.79. The van der Waals surface area contributed by atoms with E-state index in [-0.39, 0.29) is 0 Å². The van der Waals surface area contributed by atoms with Crippen LogP contribution in [0.3, 0.4) is 0 Å². The Hall–Kier alpha value is -1.62. The van der Waals surface area contributed by atoms with E-state index in [0.29, 0.717) is 11.8 Å². The van der Waals surface area contributed by atoms with Crippen LogP contribution in [0.5, 0.6) is 5.75 Å². The third-order valence-electron chi connectivity index (χ3n) is 3.76. The van der Waals surface area contributed by atoms with Gasteiger partial charge in [0.2, 0.25) is 0 Å². The van der Waals surface area contributed by atoms with Gasteiger partial charge in [-0.1, -0.05) is 30.9 Å². The van der Waals surface area contributed by atoms with Gasteiger partial charge in [-0.3, -0.25) is 0 Å². The molecule has 2 rings (SSSR count). The zero-order chi connectivity index (χ0) is 13.7. The van der Waals surface area contributed by atoms with Gasteiger partial charge in [-0.15, -0.1) is 0 Å². The molecular weight excluding hydrogens is 234 g/mol. The number of benzene rings is 1. The van der Waals surface area contributed by atoms with E-state index in [9.17, 15) is 0 Å². The molecule has 1 fully saturated rings. The van der Waals surface area contributed by atoms with Crippen LogP contribution in [0.1, 0.15) is 37.2 Å². The summed E-state index contributed by atoms with van der Waals surface area (Å²) in [4.78, 5) is 1.94. The molecule has 2 atom stereocenters. The van der Waals surface area contributed by atoms with Gasteiger partial charge < -0.3 is 9.64 Å². The summed E-state index contributed by atoms with van der Waals surface area (Å²) in [5.74, 6) is 5.42. The normalized spacial score (nSPS) is 22.3. The number of methoxy groups -OCH3 is 1. The minimum atomic E-state index is 0.475. The van der Waals surface area contributed by atoms with Crippen LogP contribution in [0, 0.1) is 17.9 Å². The Morgan fingerprint density at radius 2 is 2.00 bits per heavy atom. The predicted molar refractivity (Wildman–Crippen MR) is 79.2 cm³/mol. The lowest BCUT2D eigenvalue weighted by atomic mass is 9.76. The Morgan fingerprint density at radius 1 is 1.21 bits per heavy atom. The van der Waals surface area contributed by atoms with Crippen LogP contribution in [-0.4, -0.2) is 26.1 Å². The zero-order valence-corrected chi connectivity index (χ0v) is 12.1. The molecular formula is C17H23NO. The number of hydrogen-bond donors (Lipinski definition) is 0. The van der Waals surface area contributed by atoms with Crippen LogP contribution in [-0.2, 0) is 0 Å². The van der Waals surface area contributed by atoms with Gasteiger partial charge in [-0.05, 0) is 36.5 Å². The lowest BCUT2D eigenvalue weighted by Crippen LogP contribution is -2.17. The summed E-state index contributed by atoms with van der Waals surface area (Å²) in [5.41, 5.74) is 1.37. The molecule has 0 spiro atoms. The molecule has 1 aliphatic carbocycles. The van der Waals surface area contributed by atoms with Gasteiger partial charge in [0.1, 0.15) is 5.75 Å². The molecule has 0 amide bonds. The number of hydrogen-bond acceptors (Lipinski definition) is 2. The van der Waals surface area contributed by atoms with Crippen molar-refractivity contribution < 1.29 is 4.74 Å². The number of ether oxygens (including phenoxy) is 1. The van der Waals surface area contributed by atoms with Crippen molar-refractivity contribution in [2.24, 2.45) is 5.92 Å². The Bertz CT molecular complexity index is 470. The van der Waals surface area contributed by atoms with E-state index in [1.165, 1.54) is 31.2 Å². The fraction of sp³-hybridized carbons (Fsp3) is 0.529. The minimum absolute atomic E-state index is 0.475. The van der Waals surface area contributed by atoms with Crippen molar-refractivity contribution in [1.29, 1.82) is 0 Å². The third-order valence-corrected chi connectivity index (χ3v) is 3.76. The standard InChI is InChI=1S/C17H23NO/c1-18(2)12-11-14-7-4-5-10-17(14)15-8-6-9-16(13-15)19-3/h6,8-9,13-14,17H,4-5,7,10H2,1-3H3/t14?,17-/m1/s1. The van der Waals surface area contributed by atoms with Gasteiger partial charge in [0.05, 0.1) is 7.11 Å². The van der Waals surface area contributed by atoms with Crippen molar-refractivity contribution in [3.63, 3.8) is 0 Å². The molecule has 19 heavy (non-hydrogen) atoms. The quantitative estimate of drug-likeness (QED) is 0.594. The molecule has 2 heteroatoms. The molecule has 1 aliphatic rings. The summed E-state index contributed by atoms with van der Waals surface area (Å²) in [5, 5.41) is 0. The van der Waals surface area contributed by atoms with Crippen molar-refractivity contribution in [3.05, 3.63) is 29.8 Å². The van der Waals surface area contributed by atoms with Crippen LogP contribution in [0.25, 0.3) is 0 Å².